The third-order valence-electron chi connectivity index (χ3n) is 1.34. The van der Waals surface area contributed by atoms with E-state index in [9.17, 15) is 4.79 Å². The van der Waals surface area contributed by atoms with Crippen molar-refractivity contribution in [2.45, 2.75) is 13.8 Å². The van der Waals surface area contributed by atoms with Gasteiger partial charge in [-0.1, -0.05) is 0 Å². The molecule has 0 aliphatic heterocycles. The number of primary amides is 1. The number of carbonyl (C=O) groups excluding carboxylic acids is 1. The second kappa shape index (κ2) is 3.58. The maximum atomic E-state index is 10.9. The molecule has 0 aliphatic rings. The number of hydrogen-bond acceptors (Lipinski definition) is 3. The number of carbonyl (C=O) groups is 1. The number of ether oxygens (including phenoxy) is 1. The molecule has 12 heavy (non-hydrogen) atoms. The molecule has 0 unspecified atom stereocenters. The largest absolute Gasteiger partial charge is 0.492 e. The van der Waals surface area contributed by atoms with Crippen molar-refractivity contribution in [3.63, 3.8) is 0 Å². The molecule has 2 N–H and O–H groups in total. The summed E-state index contributed by atoms with van der Waals surface area (Å²) >= 11 is 1.36. The monoisotopic (exact) mass is 185 g/mol. The van der Waals surface area contributed by atoms with Gasteiger partial charge >= 0.3 is 0 Å². The molecule has 3 nitrogen and oxygen atoms in total. The van der Waals surface area contributed by atoms with Crippen LogP contribution < -0.4 is 10.5 Å². The van der Waals surface area contributed by atoms with Gasteiger partial charge in [0.25, 0.3) is 5.91 Å². The fraction of sp³-hybridized carbons (Fsp3) is 0.375. The number of hydrogen-bond donors (Lipinski definition) is 1. The van der Waals surface area contributed by atoms with Crippen LogP contribution in [-0.4, -0.2) is 12.5 Å². The molecule has 0 aromatic carbocycles. The van der Waals surface area contributed by atoms with Crippen LogP contribution >= 0.6 is 11.3 Å². The van der Waals surface area contributed by atoms with Gasteiger partial charge in [0.15, 0.2) is 0 Å². The molecule has 0 atom stereocenters. The first-order valence-corrected chi connectivity index (χ1v) is 4.49. The highest BCUT2D eigenvalue weighted by Crippen LogP contribution is 2.28. The van der Waals surface area contributed by atoms with Crippen molar-refractivity contribution >= 4 is 17.2 Å². The molecule has 0 bridgehead atoms. The molecule has 1 rings (SSSR count). The highest BCUT2D eigenvalue weighted by molar-refractivity contribution is 7.14. The van der Waals surface area contributed by atoms with Crippen LogP contribution in [0.3, 0.4) is 0 Å². The Labute approximate surface area is 75.1 Å². The van der Waals surface area contributed by atoms with E-state index in [2.05, 4.69) is 0 Å². The lowest BCUT2D eigenvalue weighted by Gasteiger charge is -1.99. The lowest BCUT2D eigenvalue weighted by molar-refractivity contribution is 0.100. The molecule has 66 valence electrons. The minimum absolute atomic E-state index is 0.420. The Bertz CT molecular complexity index is 293. The highest BCUT2D eigenvalue weighted by atomic mass is 32.1. The third kappa shape index (κ3) is 1.76. The SMILES string of the molecule is CCOc1cc(C)sc1C(N)=O. The van der Waals surface area contributed by atoms with E-state index < -0.39 is 5.91 Å². The molecule has 1 aromatic heterocycles. The number of rotatable bonds is 3. The number of nitrogens with two attached hydrogens (primary N) is 1. The van der Waals surface area contributed by atoms with Crippen LogP contribution in [0.5, 0.6) is 5.75 Å². The summed E-state index contributed by atoms with van der Waals surface area (Å²) in [6.07, 6.45) is 0. The van der Waals surface area contributed by atoms with Crippen molar-refractivity contribution in [1.82, 2.24) is 0 Å². The van der Waals surface area contributed by atoms with E-state index in [0.717, 1.165) is 4.88 Å². The van der Waals surface area contributed by atoms with Crippen molar-refractivity contribution in [2.24, 2.45) is 5.73 Å². The average Bonchev–Trinajstić information content (AvgIpc) is 2.32. The molecule has 1 amide bonds. The van der Waals surface area contributed by atoms with Gasteiger partial charge in [-0.3, -0.25) is 4.79 Å². The molecule has 0 spiro atoms. The van der Waals surface area contributed by atoms with Gasteiger partial charge in [-0.05, 0) is 19.9 Å². The van der Waals surface area contributed by atoms with E-state index in [4.69, 9.17) is 10.5 Å². The average molecular weight is 185 g/mol. The van der Waals surface area contributed by atoms with Gasteiger partial charge in [0.05, 0.1) is 6.61 Å². The van der Waals surface area contributed by atoms with Crippen LogP contribution in [0.25, 0.3) is 0 Å². The summed E-state index contributed by atoms with van der Waals surface area (Å²) < 4.78 is 5.23. The second-order valence-electron chi connectivity index (χ2n) is 2.35. The molecule has 0 fully saturated rings. The number of thiophene rings is 1. The van der Waals surface area contributed by atoms with Gasteiger partial charge < -0.3 is 10.5 Å². The summed E-state index contributed by atoms with van der Waals surface area (Å²) in [5.74, 6) is 0.184. The van der Waals surface area contributed by atoms with Gasteiger partial charge in [-0.25, -0.2) is 0 Å². The molecule has 0 radical (unpaired) electrons. The summed E-state index contributed by atoms with van der Waals surface area (Å²) in [5, 5.41) is 0. The van der Waals surface area contributed by atoms with E-state index in [-0.39, 0.29) is 0 Å². The fourth-order valence-electron chi connectivity index (χ4n) is 0.925. The van der Waals surface area contributed by atoms with E-state index in [1.165, 1.54) is 11.3 Å². The zero-order chi connectivity index (χ0) is 9.14. The summed E-state index contributed by atoms with van der Waals surface area (Å²) in [4.78, 5) is 12.4. The summed E-state index contributed by atoms with van der Waals surface area (Å²) in [7, 11) is 0. The lowest BCUT2D eigenvalue weighted by Crippen LogP contribution is -2.10. The van der Waals surface area contributed by atoms with E-state index in [1.54, 1.807) is 0 Å². The molecule has 0 aliphatic carbocycles. The first-order valence-electron chi connectivity index (χ1n) is 3.68. The van der Waals surface area contributed by atoms with Crippen molar-refractivity contribution in [3.05, 3.63) is 15.8 Å². The minimum atomic E-state index is -0.420. The number of amides is 1. The zero-order valence-corrected chi connectivity index (χ0v) is 7.90. The predicted octanol–water partition coefficient (Wildman–Crippen LogP) is 1.55. The maximum absolute atomic E-state index is 10.9. The lowest BCUT2D eigenvalue weighted by atomic mass is 10.4. The summed E-state index contributed by atoms with van der Waals surface area (Å²) in [6, 6.07) is 1.83. The topological polar surface area (TPSA) is 52.3 Å². The predicted molar refractivity (Wildman–Crippen MR) is 48.7 cm³/mol. The Morgan fingerprint density at radius 1 is 1.75 bits per heavy atom. The Morgan fingerprint density at radius 3 is 2.92 bits per heavy atom. The minimum Gasteiger partial charge on any atom is -0.492 e. The first kappa shape index (κ1) is 9.06. The van der Waals surface area contributed by atoms with Crippen LogP contribution in [0, 0.1) is 6.92 Å². The molecule has 4 heteroatoms. The molecule has 1 aromatic rings. The van der Waals surface area contributed by atoms with E-state index in [1.807, 2.05) is 19.9 Å². The molecule has 0 saturated carbocycles. The smallest absolute Gasteiger partial charge is 0.262 e. The van der Waals surface area contributed by atoms with Crippen molar-refractivity contribution in [3.8, 4) is 5.75 Å². The second-order valence-corrected chi connectivity index (χ2v) is 3.60. The normalized spacial score (nSPS) is 9.83. The third-order valence-corrected chi connectivity index (χ3v) is 2.39. The fourth-order valence-corrected chi connectivity index (χ4v) is 1.73. The molecule has 0 saturated heterocycles. The summed E-state index contributed by atoms with van der Waals surface area (Å²) in [5.41, 5.74) is 5.15. The van der Waals surface area contributed by atoms with Crippen LogP contribution in [0.15, 0.2) is 6.07 Å². The summed E-state index contributed by atoms with van der Waals surface area (Å²) in [6.45, 7) is 4.34. The Balaban J connectivity index is 2.99. The van der Waals surface area contributed by atoms with Crippen LogP contribution in [-0.2, 0) is 0 Å². The van der Waals surface area contributed by atoms with Crippen molar-refractivity contribution in [2.75, 3.05) is 6.61 Å². The standard InChI is InChI=1S/C8H11NO2S/c1-3-11-6-4-5(2)12-7(6)8(9)10/h4H,3H2,1-2H3,(H2,9,10). The van der Waals surface area contributed by atoms with E-state index in [0.29, 0.717) is 17.2 Å². The van der Waals surface area contributed by atoms with Crippen LogP contribution in [0.2, 0.25) is 0 Å². The van der Waals surface area contributed by atoms with Crippen molar-refractivity contribution in [1.29, 1.82) is 0 Å². The van der Waals surface area contributed by atoms with Gasteiger partial charge in [-0.2, -0.15) is 0 Å². The zero-order valence-electron chi connectivity index (χ0n) is 7.09. The molecular weight excluding hydrogens is 174 g/mol. The first-order chi connectivity index (χ1) is 5.65. The van der Waals surface area contributed by atoms with Gasteiger partial charge in [0.2, 0.25) is 0 Å². The van der Waals surface area contributed by atoms with Gasteiger partial charge in [0, 0.05) is 4.88 Å². The maximum Gasteiger partial charge on any atom is 0.262 e. The Kier molecular flexibility index (Phi) is 2.70. The number of aryl methyl sites for hydroxylation is 1. The quantitative estimate of drug-likeness (QED) is 0.776. The van der Waals surface area contributed by atoms with Crippen LogP contribution in [0.1, 0.15) is 21.5 Å². The van der Waals surface area contributed by atoms with Crippen LogP contribution in [0.4, 0.5) is 0 Å². The van der Waals surface area contributed by atoms with Gasteiger partial charge in [-0.15, -0.1) is 11.3 Å². The molecule has 1 heterocycles. The van der Waals surface area contributed by atoms with Crippen molar-refractivity contribution < 1.29 is 9.53 Å². The molecular formula is C8H11NO2S. The van der Waals surface area contributed by atoms with E-state index >= 15 is 0 Å². The van der Waals surface area contributed by atoms with Gasteiger partial charge in [0.1, 0.15) is 10.6 Å². The highest BCUT2D eigenvalue weighted by Gasteiger charge is 2.12. The Morgan fingerprint density at radius 2 is 2.42 bits per heavy atom. The Hall–Kier alpha value is -1.03.